The number of hydrogen-bond acceptors (Lipinski definition) is 0. The molecule has 17 heavy (non-hydrogen) atoms. The van der Waals surface area contributed by atoms with Gasteiger partial charge in [-0.15, -0.1) is 0 Å². The van der Waals surface area contributed by atoms with E-state index in [2.05, 4.69) is 67.6 Å². The number of allylic oxidation sites excluding steroid dienone is 2. The Hall–Kier alpha value is -2.08. The summed E-state index contributed by atoms with van der Waals surface area (Å²) in [6.45, 7) is 2.11. The second-order valence-corrected chi connectivity index (χ2v) is 4.04. The molecular weight excluding hydrogens is 204 g/mol. The van der Waals surface area contributed by atoms with Gasteiger partial charge < -0.3 is 0 Å². The SMILES string of the molecule is Cc1cccc(C=CC=Cc2ccccc2)c1. The summed E-state index contributed by atoms with van der Waals surface area (Å²) in [5.41, 5.74) is 3.75. The number of hydrogen-bond donors (Lipinski definition) is 0. The molecule has 2 aromatic carbocycles. The normalized spacial score (nSPS) is 11.4. The van der Waals surface area contributed by atoms with Crippen LogP contribution in [-0.4, -0.2) is 0 Å². The summed E-state index contributed by atoms with van der Waals surface area (Å²) in [5, 5.41) is 0. The largest absolute Gasteiger partial charge is 0.0622 e. The zero-order chi connectivity index (χ0) is 11.9. The maximum absolute atomic E-state index is 2.17. The van der Waals surface area contributed by atoms with Gasteiger partial charge in [-0.1, -0.05) is 84.5 Å². The van der Waals surface area contributed by atoms with Crippen molar-refractivity contribution >= 4 is 12.2 Å². The first-order chi connectivity index (χ1) is 8.34. The molecule has 0 heteroatoms. The van der Waals surface area contributed by atoms with E-state index < -0.39 is 0 Å². The molecular formula is C17H16. The average Bonchev–Trinajstić information content (AvgIpc) is 2.36. The van der Waals surface area contributed by atoms with Crippen LogP contribution in [0.15, 0.2) is 66.7 Å². The van der Waals surface area contributed by atoms with E-state index in [1.54, 1.807) is 0 Å². The van der Waals surface area contributed by atoms with Crippen LogP contribution < -0.4 is 0 Å². The molecule has 0 unspecified atom stereocenters. The summed E-state index contributed by atoms with van der Waals surface area (Å²) in [7, 11) is 0. The molecule has 0 atom stereocenters. The fraction of sp³-hybridized carbons (Fsp3) is 0.0588. The Labute approximate surface area is 103 Å². The quantitative estimate of drug-likeness (QED) is 0.656. The first kappa shape index (κ1) is 11.4. The van der Waals surface area contributed by atoms with Crippen LogP contribution in [0.2, 0.25) is 0 Å². The minimum atomic E-state index is 1.22. The number of rotatable bonds is 3. The third-order valence-corrected chi connectivity index (χ3v) is 2.53. The monoisotopic (exact) mass is 220 g/mol. The molecule has 0 N–H and O–H groups in total. The summed E-state index contributed by atoms with van der Waals surface area (Å²) in [4.78, 5) is 0. The Morgan fingerprint density at radius 1 is 0.706 bits per heavy atom. The molecule has 0 aliphatic carbocycles. The van der Waals surface area contributed by atoms with Crippen molar-refractivity contribution in [1.29, 1.82) is 0 Å². The van der Waals surface area contributed by atoms with Crippen LogP contribution in [0.25, 0.3) is 12.2 Å². The summed E-state index contributed by atoms with van der Waals surface area (Å²) in [6, 6.07) is 18.8. The Bertz CT molecular complexity index is 519. The molecule has 0 saturated heterocycles. The molecule has 2 aromatic rings. The highest BCUT2D eigenvalue weighted by Gasteiger charge is 1.85. The van der Waals surface area contributed by atoms with Gasteiger partial charge in [0.25, 0.3) is 0 Å². The third kappa shape index (κ3) is 3.76. The lowest BCUT2D eigenvalue weighted by Crippen LogP contribution is -1.73. The van der Waals surface area contributed by atoms with Gasteiger partial charge in [-0.3, -0.25) is 0 Å². The van der Waals surface area contributed by atoms with Crippen molar-refractivity contribution in [2.45, 2.75) is 6.92 Å². The second kappa shape index (κ2) is 5.86. The predicted molar refractivity (Wildman–Crippen MR) is 75.7 cm³/mol. The predicted octanol–water partition coefficient (Wildman–Crippen LogP) is 4.72. The number of benzene rings is 2. The first-order valence-corrected chi connectivity index (χ1v) is 5.81. The molecule has 0 heterocycles. The highest BCUT2D eigenvalue weighted by molar-refractivity contribution is 5.57. The van der Waals surface area contributed by atoms with Crippen molar-refractivity contribution in [2.75, 3.05) is 0 Å². The zero-order valence-corrected chi connectivity index (χ0v) is 10.0. The summed E-state index contributed by atoms with van der Waals surface area (Å²) in [6.07, 6.45) is 8.36. The van der Waals surface area contributed by atoms with E-state index in [4.69, 9.17) is 0 Å². The molecule has 0 radical (unpaired) electrons. The molecule has 0 aliphatic heterocycles. The van der Waals surface area contributed by atoms with Crippen molar-refractivity contribution in [2.24, 2.45) is 0 Å². The van der Waals surface area contributed by atoms with Gasteiger partial charge in [0.15, 0.2) is 0 Å². The molecule has 0 fully saturated rings. The van der Waals surface area contributed by atoms with Crippen LogP contribution in [0.1, 0.15) is 16.7 Å². The third-order valence-electron chi connectivity index (χ3n) is 2.53. The van der Waals surface area contributed by atoms with Crippen LogP contribution in [0.4, 0.5) is 0 Å². The lowest BCUT2D eigenvalue weighted by molar-refractivity contribution is 1.46. The van der Waals surface area contributed by atoms with Gasteiger partial charge in [-0.25, -0.2) is 0 Å². The smallest absolute Gasteiger partial charge is 0.0254 e. The van der Waals surface area contributed by atoms with Gasteiger partial charge in [0, 0.05) is 0 Å². The molecule has 84 valence electrons. The van der Waals surface area contributed by atoms with Crippen molar-refractivity contribution in [3.8, 4) is 0 Å². The summed E-state index contributed by atoms with van der Waals surface area (Å²) in [5.74, 6) is 0. The van der Waals surface area contributed by atoms with Gasteiger partial charge in [0.1, 0.15) is 0 Å². The van der Waals surface area contributed by atoms with Gasteiger partial charge >= 0.3 is 0 Å². The van der Waals surface area contributed by atoms with E-state index in [0.29, 0.717) is 0 Å². The van der Waals surface area contributed by atoms with Crippen molar-refractivity contribution in [3.05, 3.63) is 83.4 Å². The maximum atomic E-state index is 2.17. The van der Waals surface area contributed by atoms with Gasteiger partial charge in [-0.2, -0.15) is 0 Å². The van der Waals surface area contributed by atoms with Crippen molar-refractivity contribution in [1.82, 2.24) is 0 Å². The lowest BCUT2D eigenvalue weighted by atomic mass is 10.1. The van der Waals surface area contributed by atoms with E-state index in [-0.39, 0.29) is 0 Å². The fourth-order valence-electron chi connectivity index (χ4n) is 1.67. The summed E-state index contributed by atoms with van der Waals surface area (Å²) < 4.78 is 0. The highest BCUT2D eigenvalue weighted by Crippen LogP contribution is 2.06. The van der Waals surface area contributed by atoms with Gasteiger partial charge in [0.05, 0.1) is 0 Å². The lowest BCUT2D eigenvalue weighted by Gasteiger charge is -1.94. The second-order valence-electron chi connectivity index (χ2n) is 4.04. The van der Waals surface area contributed by atoms with Gasteiger partial charge in [-0.05, 0) is 18.1 Å². The zero-order valence-electron chi connectivity index (χ0n) is 10.0. The molecule has 0 aliphatic rings. The van der Waals surface area contributed by atoms with E-state index in [0.717, 1.165) is 0 Å². The fourth-order valence-corrected chi connectivity index (χ4v) is 1.67. The highest BCUT2D eigenvalue weighted by atomic mass is 13.9. The van der Waals surface area contributed by atoms with E-state index >= 15 is 0 Å². The molecule has 0 spiro atoms. The molecule has 0 amide bonds. The van der Waals surface area contributed by atoms with E-state index in [1.165, 1.54) is 16.7 Å². The Kier molecular flexibility index (Phi) is 3.93. The van der Waals surface area contributed by atoms with E-state index in [1.807, 2.05) is 18.2 Å². The molecule has 0 aromatic heterocycles. The van der Waals surface area contributed by atoms with Crippen LogP contribution in [0.5, 0.6) is 0 Å². The minimum Gasteiger partial charge on any atom is -0.0622 e. The van der Waals surface area contributed by atoms with Crippen LogP contribution >= 0.6 is 0 Å². The minimum absolute atomic E-state index is 1.22. The Morgan fingerprint density at radius 2 is 1.35 bits per heavy atom. The van der Waals surface area contributed by atoms with Crippen molar-refractivity contribution in [3.63, 3.8) is 0 Å². The molecule has 0 nitrogen and oxygen atoms in total. The first-order valence-electron chi connectivity index (χ1n) is 5.81. The number of aryl methyl sites for hydroxylation is 1. The van der Waals surface area contributed by atoms with Crippen LogP contribution in [-0.2, 0) is 0 Å². The maximum Gasteiger partial charge on any atom is -0.0254 e. The molecule has 2 rings (SSSR count). The summed E-state index contributed by atoms with van der Waals surface area (Å²) >= 11 is 0. The Morgan fingerprint density at radius 3 is 2.06 bits per heavy atom. The van der Waals surface area contributed by atoms with Crippen molar-refractivity contribution < 1.29 is 0 Å². The molecule has 0 saturated carbocycles. The standard InChI is InChI=1S/C17H16/c1-15-8-7-13-17(14-15)12-6-5-11-16-9-3-2-4-10-16/h2-14H,1H3. The van der Waals surface area contributed by atoms with Crippen LogP contribution in [0.3, 0.4) is 0 Å². The van der Waals surface area contributed by atoms with Gasteiger partial charge in [0.2, 0.25) is 0 Å². The topological polar surface area (TPSA) is 0 Å². The van der Waals surface area contributed by atoms with Crippen LogP contribution in [0, 0.1) is 6.92 Å². The molecule has 0 bridgehead atoms. The average molecular weight is 220 g/mol. The van der Waals surface area contributed by atoms with E-state index in [9.17, 15) is 0 Å². The Balaban J connectivity index is 2.01.